The Morgan fingerprint density at radius 3 is 2.48 bits per heavy atom. The summed E-state index contributed by atoms with van der Waals surface area (Å²) >= 11 is 0. The molecule has 1 saturated heterocycles. The van der Waals surface area contributed by atoms with Crippen LogP contribution in [0.3, 0.4) is 0 Å². The number of fused-ring (bicyclic) bond motifs is 1. The highest BCUT2D eigenvalue weighted by Crippen LogP contribution is 2.39. The largest absolute Gasteiger partial charge is 0.493 e. The Bertz CT molecular complexity index is 777. The predicted octanol–water partition coefficient (Wildman–Crippen LogP) is 3.79. The molecule has 0 radical (unpaired) electrons. The molecule has 0 amide bonds. The molecule has 4 heteroatoms. The molecule has 1 aliphatic carbocycles. The standard InChI is InChI=1S/C23H29NO3/c1-16-4-3-5-18(8-16)15-27-23-9-17(6-7-22(23)26-2)12-24-13-19-10-21(25)11-20(19)14-24/h3-9,19-21,25H,10-15H2,1-2H3/t19-,20+,21?. The van der Waals surface area contributed by atoms with E-state index in [0.717, 1.165) is 49.5 Å². The smallest absolute Gasteiger partial charge is 0.161 e. The van der Waals surface area contributed by atoms with Gasteiger partial charge in [0.25, 0.3) is 0 Å². The number of aliphatic hydroxyl groups is 1. The minimum atomic E-state index is -0.0789. The SMILES string of the molecule is COc1ccc(CN2C[C@H]3CC(O)C[C@H]3C2)cc1OCc1cccc(C)c1. The molecular formula is C23H29NO3. The summed E-state index contributed by atoms with van der Waals surface area (Å²) < 4.78 is 11.6. The van der Waals surface area contributed by atoms with Crippen LogP contribution in [0.1, 0.15) is 29.5 Å². The number of hydrogen-bond acceptors (Lipinski definition) is 4. The Balaban J connectivity index is 1.41. The third-order valence-electron chi connectivity index (χ3n) is 5.91. The van der Waals surface area contributed by atoms with Gasteiger partial charge in [0.15, 0.2) is 11.5 Å². The van der Waals surface area contributed by atoms with E-state index in [1.165, 1.54) is 11.1 Å². The van der Waals surface area contributed by atoms with Crippen LogP contribution in [0.2, 0.25) is 0 Å². The number of methoxy groups -OCH3 is 1. The predicted molar refractivity (Wildman–Crippen MR) is 106 cm³/mol. The molecule has 2 aliphatic rings. The maximum Gasteiger partial charge on any atom is 0.161 e. The van der Waals surface area contributed by atoms with Gasteiger partial charge in [-0.3, -0.25) is 4.90 Å². The van der Waals surface area contributed by atoms with Gasteiger partial charge in [0.1, 0.15) is 6.61 Å². The summed E-state index contributed by atoms with van der Waals surface area (Å²) in [5.41, 5.74) is 3.64. The molecule has 1 N–H and O–H groups in total. The van der Waals surface area contributed by atoms with Gasteiger partial charge in [-0.15, -0.1) is 0 Å². The fourth-order valence-electron chi connectivity index (χ4n) is 4.65. The van der Waals surface area contributed by atoms with Gasteiger partial charge in [0.2, 0.25) is 0 Å². The molecule has 2 aromatic carbocycles. The van der Waals surface area contributed by atoms with Gasteiger partial charge in [-0.1, -0.05) is 35.9 Å². The zero-order chi connectivity index (χ0) is 18.8. The molecule has 1 aliphatic heterocycles. The molecule has 0 aromatic heterocycles. The van der Waals surface area contributed by atoms with Crippen LogP contribution in [0.5, 0.6) is 11.5 Å². The molecule has 2 aromatic rings. The maximum absolute atomic E-state index is 9.83. The lowest BCUT2D eigenvalue weighted by Crippen LogP contribution is -2.22. The van der Waals surface area contributed by atoms with Crippen molar-refractivity contribution >= 4 is 0 Å². The van der Waals surface area contributed by atoms with Crippen LogP contribution >= 0.6 is 0 Å². The maximum atomic E-state index is 9.83. The Morgan fingerprint density at radius 2 is 1.78 bits per heavy atom. The van der Waals surface area contributed by atoms with Crippen molar-refractivity contribution in [3.8, 4) is 11.5 Å². The summed E-state index contributed by atoms with van der Waals surface area (Å²) in [6, 6.07) is 14.6. The summed E-state index contributed by atoms with van der Waals surface area (Å²) in [5.74, 6) is 2.89. The number of aryl methyl sites for hydroxylation is 1. The first kappa shape index (κ1) is 18.3. The number of aliphatic hydroxyl groups excluding tert-OH is 1. The van der Waals surface area contributed by atoms with Crippen LogP contribution in [-0.4, -0.2) is 36.3 Å². The minimum Gasteiger partial charge on any atom is -0.493 e. The molecule has 0 spiro atoms. The molecule has 1 unspecified atom stereocenters. The van der Waals surface area contributed by atoms with Gasteiger partial charge >= 0.3 is 0 Å². The third-order valence-corrected chi connectivity index (χ3v) is 5.91. The number of rotatable bonds is 6. The van der Waals surface area contributed by atoms with Gasteiger partial charge in [-0.2, -0.15) is 0 Å². The van der Waals surface area contributed by atoms with Crippen LogP contribution in [0.15, 0.2) is 42.5 Å². The number of nitrogens with zero attached hydrogens (tertiary/aromatic N) is 1. The fraction of sp³-hybridized carbons (Fsp3) is 0.478. The van der Waals surface area contributed by atoms with E-state index >= 15 is 0 Å². The number of ether oxygens (including phenoxy) is 2. The fourth-order valence-corrected chi connectivity index (χ4v) is 4.65. The van der Waals surface area contributed by atoms with Crippen molar-refractivity contribution < 1.29 is 14.6 Å². The van der Waals surface area contributed by atoms with E-state index in [1.807, 2.05) is 6.07 Å². The molecule has 3 atom stereocenters. The van der Waals surface area contributed by atoms with Crippen LogP contribution < -0.4 is 9.47 Å². The minimum absolute atomic E-state index is 0.0789. The second-order valence-corrected chi connectivity index (χ2v) is 8.10. The number of hydrogen-bond donors (Lipinski definition) is 1. The summed E-state index contributed by atoms with van der Waals surface area (Å²) in [7, 11) is 1.68. The summed E-state index contributed by atoms with van der Waals surface area (Å²) in [6.07, 6.45) is 1.85. The van der Waals surface area contributed by atoms with Crippen molar-refractivity contribution in [3.05, 3.63) is 59.2 Å². The molecule has 0 bridgehead atoms. The molecule has 1 saturated carbocycles. The second-order valence-electron chi connectivity index (χ2n) is 8.10. The second kappa shape index (κ2) is 7.91. The molecule has 1 heterocycles. The van der Waals surface area contributed by atoms with Crippen molar-refractivity contribution in [2.75, 3.05) is 20.2 Å². The molecular weight excluding hydrogens is 338 g/mol. The van der Waals surface area contributed by atoms with Gasteiger partial charge < -0.3 is 14.6 Å². The molecule has 144 valence electrons. The Labute approximate surface area is 161 Å². The van der Waals surface area contributed by atoms with E-state index in [1.54, 1.807) is 7.11 Å². The lowest BCUT2D eigenvalue weighted by atomic mass is 10.0. The Morgan fingerprint density at radius 1 is 1.00 bits per heavy atom. The Hall–Kier alpha value is -2.04. The Kier molecular flexibility index (Phi) is 5.37. The van der Waals surface area contributed by atoms with E-state index in [-0.39, 0.29) is 6.10 Å². The van der Waals surface area contributed by atoms with Crippen LogP contribution in [0.4, 0.5) is 0 Å². The highest BCUT2D eigenvalue weighted by atomic mass is 16.5. The molecule has 27 heavy (non-hydrogen) atoms. The normalized spacial score (nSPS) is 24.8. The van der Waals surface area contributed by atoms with Gasteiger partial charge in [0, 0.05) is 19.6 Å². The van der Waals surface area contributed by atoms with Crippen molar-refractivity contribution in [1.82, 2.24) is 4.90 Å². The third kappa shape index (κ3) is 4.28. The first-order chi connectivity index (χ1) is 13.1. The van der Waals surface area contributed by atoms with Crippen LogP contribution in [0, 0.1) is 18.8 Å². The van der Waals surface area contributed by atoms with E-state index < -0.39 is 0 Å². The summed E-state index contributed by atoms with van der Waals surface area (Å²) in [6.45, 7) is 5.73. The van der Waals surface area contributed by atoms with E-state index in [2.05, 4.69) is 48.2 Å². The number of likely N-dealkylation sites (tertiary alicyclic amines) is 1. The van der Waals surface area contributed by atoms with Crippen LogP contribution in [-0.2, 0) is 13.2 Å². The lowest BCUT2D eigenvalue weighted by molar-refractivity contribution is 0.161. The van der Waals surface area contributed by atoms with Crippen molar-refractivity contribution in [1.29, 1.82) is 0 Å². The van der Waals surface area contributed by atoms with Crippen molar-refractivity contribution in [2.24, 2.45) is 11.8 Å². The lowest BCUT2D eigenvalue weighted by Gasteiger charge is -2.19. The highest BCUT2D eigenvalue weighted by Gasteiger charge is 2.39. The number of benzene rings is 2. The summed E-state index contributed by atoms with van der Waals surface area (Å²) in [5, 5.41) is 9.83. The van der Waals surface area contributed by atoms with E-state index in [4.69, 9.17) is 9.47 Å². The van der Waals surface area contributed by atoms with Crippen molar-refractivity contribution in [2.45, 2.75) is 39.0 Å². The first-order valence-corrected chi connectivity index (χ1v) is 9.86. The van der Waals surface area contributed by atoms with E-state index in [0.29, 0.717) is 18.4 Å². The first-order valence-electron chi connectivity index (χ1n) is 9.86. The average Bonchev–Trinajstić information content (AvgIpc) is 3.16. The highest BCUT2D eigenvalue weighted by molar-refractivity contribution is 5.43. The van der Waals surface area contributed by atoms with Gasteiger partial charge in [0.05, 0.1) is 13.2 Å². The summed E-state index contributed by atoms with van der Waals surface area (Å²) in [4.78, 5) is 2.51. The monoisotopic (exact) mass is 367 g/mol. The quantitative estimate of drug-likeness (QED) is 0.844. The zero-order valence-corrected chi connectivity index (χ0v) is 16.2. The molecule has 4 nitrogen and oxygen atoms in total. The topological polar surface area (TPSA) is 41.9 Å². The van der Waals surface area contributed by atoms with Crippen molar-refractivity contribution in [3.63, 3.8) is 0 Å². The van der Waals surface area contributed by atoms with Gasteiger partial charge in [-0.25, -0.2) is 0 Å². The van der Waals surface area contributed by atoms with Crippen LogP contribution in [0.25, 0.3) is 0 Å². The molecule has 4 rings (SSSR count). The molecule has 2 fully saturated rings. The zero-order valence-electron chi connectivity index (χ0n) is 16.2. The van der Waals surface area contributed by atoms with Gasteiger partial charge in [-0.05, 0) is 54.9 Å². The average molecular weight is 367 g/mol. The van der Waals surface area contributed by atoms with E-state index in [9.17, 15) is 5.11 Å².